The fourth-order valence-electron chi connectivity index (χ4n) is 2.38. The standard InChI is InChI=1S/C16H18BrNO3/c1-21-16(20)13-8-10-18(11-9-13)15(19)7-6-12-4-2-3-5-14(12)17/h2-7,13H,8-11H2,1H3. The average molecular weight is 352 g/mol. The van der Waals surface area contributed by atoms with Crippen molar-refractivity contribution in [2.75, 3.05) is 20.2 Å². The summed E-state index contributed by atoms with van der Waals surface area (Å²) in [6, 6.07) is 7.74. The van der Waals surface area contributed by atoms with Gasteiger partial charge in [-0.1, -0.05) is 34.1 Å². The van der Waals surface area contributed by atoms with E-state index in [4.69, 9.17) is 4.74 Å². The van der Waals surface area contributed by atoms with E-state index in [1.165, 1.54) is 7.11 Å². The van der Waals surface area contributed by atoms with Crippen LogP contribution in [0.4, 0.5) is 0 Å². The Labute approximate surface area is 132 Å². The maximum absolute atomic E-state index is 12.1. The van der Waals surface area contributed by atoms with E-state index < -0.39 is 0 Å². The van der Waals surface area contributed by atoms with Crippen molar-refractivity contribution < 1.29 is 14.3 Å². The first-order valence-corrected chi connectivity index (χ1v) is 7.70. The number of likely N-dealkylation sites (tertiary alicyclic amines) is 1. The number of carbonyl (C=O) groups is 2. The number of hydrogen-bond acceptors (Lipinski definition) is 3. The monoisotopic (exact) mass is 351 g/mol. The summed E-state index contributed by atoms with van der Waals surface area (Å²) in [5.41, 5.74) is 0.968. The van der Waals surface area contributed by atoms with Crippen LogP contribution < -0.4 is 0 Å². The summed E-state index contributed by atoms with van der Waals surface area (Å²) in [7, 11) is 1.40. The molecule has 1 fully saturated rings. The van der Waals surface area contributed by atoms with Crippen molar-refractivity contribution in [1.82, 2.24) is 4.90 Å². The minimum absolute atomic E-state index is 0.0194. The van der Waals surface area contributed by atoms with E-state index in [-0.39, 0.29) is 17.8 Å². The van der Waals surface area contributed by atoms with Gasteiger partial charge in [0.05, 0.1) is 13.0 Å². The quantitative estimate of drug-likeness (QED) is 0.621. The molecule has 0 unspecified atom stereocenters. The number of carbonyl (C=O) groups excluding carboxylic acids is 2. The van der Waals surface area contributed by atoms with Crippen molar-refractivity contribution in [1.29, 1.82) is 0 Å². The lowest BCUT2D eigenvalue weighted by atomic mass is 9.97. The number of hydrogen-bond donors (Lipinski definition) is 0. The number of nitrogens with zero attached hydrogens (tertiary/aromatic N) is 1. The number of ether oxygens (including phenoxy) is 1. The largest absolute Gasteiger partial charge is 0.469 e. The van der Waals surface area contributed by atoms with Gasteiger partial charge in [0.2, 0.25) is 5.91 Å². The van der Waals surface area contributed by atoms with E-state index in [2.05, 4.69) is 15.9 Å². The van der Waals surface area contributed by atoms with Crippen LogP contribution in [-0.2, 0) is 14.3 Å². The molecule has 0 N–H and O–H groups in total. The number of esters is 1. The Morgan fingerprint density at radius 2 is 1.95 bits per heavy atom. The molecule has 0 saturated carbocycles. The third-order valence-electron chi connectivity index (χ3n) is 3.65. The third kappa shape index (κ3) is 4.17. The topological polar surface area (TPSA) is 46.6 Å². The minimum Gasteiger partial charge on any atom is -0.469 e. The Morgan fingerprint density at radius 3 is 2.57 bits per heavy atom. The van der Waals surface area contributed by atoms with Gasteiger partial charge < -0.3 is 9.64 Å². The van der Waals surface area contributed by atoms with Crippen molar-refractivity contribution >= 4 is 33.9 Å². The van der Waals surface area contributed by atoms with Crippen molar-refractivity contribution in [3.05, 3.63) is 40.4 Å². The van der Waals surface area contributed by atoms with Crippen molar-refractivity contribution in [2.24, 2.45) is 5.92 Å². The van der Waals surface area contributed by atoms with Crippen molar-refractivity contribution in [3.8, 4) is 0 Å². The molecule has 1 aliphatic rings. The normalized spacial score (nSPS) is 16.2. The average Bonchev–Trinajstić information content (AvgIpc) is 2.53. The van der Waals surface area contributed by atoms with E-state index in [9.17, 15) is 9.59 Å². The molecule has 1 aromatic carbocycles. The molecule has 1 amide bonds. The summed E-state index contributed by atoms with van der Waals surface area (Å²) in [5, 5.41) is 0. The van der Waals surface area contributed by atoms with Gasteiger partial charge in [-0.15, -0.1) is 0 Å². The second-order valence-electron chi connectivity index (χ2n) is 4.98. The molecule has 1 aliphatic heterocycles. The molecule has 5 heteroatoms. The Morgan fingerprint density at radius 1 is 1.29 bits per heavy atom. The Bertz CT molecular complexity index is 548. The van der Waals surface area contributed by atoms with Crippen LogP contribution >= 0.6 is 15.9 Å². The van der Waals surface area contributed by atoms with Gasteiger partial charge in [-0.05, 0) is 30.5 Å². The van der Waals surface area contributed by atoms with Gasteiger partial charge in [0.15, 0.2) is 0 Å². The van der Waals surface area contributed by atoms with Gasteiger partial charge in [-0.25, -0.2) is 0 Å². The predicted octanol–water partition coefficient (Wildman–Crippen LogP) is 2.87. The molecule has 2 rings (SSSR count). The van der Waals surface area contributed by atoms with Crippen LogP contribution in [0.15, 0.2) is 34.8 Å². The zero-order valence-electron chi connectivity index (χ0n) is 11.9. The molecule has 0 aromatic heterocycles. The van der Waals surface area contributed by atoms with Gasteiger partial charge in [0, 0.05) is 23.6 Å². The molecule has 0 radical (unpaired) electrons. The lowest BCUT2D eigenvalue weighted by Gasteiger charge is -2.29. The SMILES string of the molecule is COC(=O)C1CCN(C(=O)C=Cc2ccccc2Br)CC1. The zero-order chi connectivity index (χ0) is 15.2. The molecular formula is C16H18BrNO3. The molecule has 1 aromatic rings. The summed E-state index contributed by atoms with van der Waals surface area (Å²) >= 11 is 3.45. The van der Waals surface area contributed by atoms with Crippen LogP contribution in [0.5, 0.6) is 0 Å². The van der Waals surface area contributed by atoms with Gasteiger partial charge in [-0.3, -0.25) is 9.59 Å². The van der Waals surface area contributed by atoms with Gasteiger partial charge >= 0.3 is 5.97 Å². The Kier molecular flexibility index (Phi) is 5.56. The first-order valence-electron chi connectivity index (χ1n) is 6.91. The summed E-state index contributed by atoms with van der Waals surface area (Å²) < 4.78 is 5.70. The lowest BCUT2D eigenvalue weighted by Crippen LogP contribution is -2.39. The second-order valence-corrected chi connectivity index (χ2v) is 5.83. The minimum atomic E-state index is -0.175. The van der Waals surface area contributed by atoms with E-state index in [1.54, 1.807) is 17.1 Å². The fraction of sp³-hybridized carbons (Fsp3) is 0.375. The summed E-state index contributed by atoms with van der Waals surface area (Å²) in [5.74, 6) is -0.272. The summed E-state index contributed by atoms with van der Waals surface area (Å²) in [6.45, 7) is 1.19. The highest BCUT2D eigenvalue weighted by atomic mass is 79.9. The molecule has 0 bridgehead atoms. The summed E-state index contributed by atoms with van der Waals surface area (Å²) in [6.07, 6.45) is 4.72. The highest BCUT2D eigenvalue weighted by Crippen LogP contribution is 2.20. The van der Waals surface area contributed by atoms with E-state index >= 15 is 0 Å². The predicted molar refractivity (Wildman–Crippen MR) is 84.5 cm³/mol. The van der Waals surface area contributed by atoms with Gasteiger partial charge in [0.25, 0.3) is 0 Å². The smallest absolute Gasteiger partial charge is 0.308 e. The number of piperidine rings is 1. The molecule has 0 atom stereocenters. The molecule has 112 valence electrons. The number of rotatable bonds is 3. The number of amides is 1. The summed E-state index contributed by atoms with van der Waals surface area (Å²) in [4.78, 5) is 25.4. The Balaban J connectivity index is 1.91. The molecule has 0 aliphatic carbocycles. The first kappa shape index (κ1) is 15.8. The number of methoxy groups -OCH3 is 1. The molecule has 1 saturated heterocycles. The number of benzene rings is 1. The van der Waals surface area contributed by atoms with Crippen LogP contribution in [0.1, 0.15) is 18.4 Å². The maximum atomic E-state index is 12.1. The highest BCUT2D eigenvalue weighted by molar-refractivity contribution is 9.10. The van der Waals surface area contributed by atoms with E-state index in [0.29, 0.717) is 25.9 Å². The van der Waals surface area contributed by atoms with Crippen LogP contribution in [0, 0.1) is 5.92 Å². The van der Waals surface area contributed by atoms with Crippen LogP contribution in [-0.4, -0.2) is 37.0 Å². The fourth-order valence-corrected chi connectivity index (χ4v) is 2.80. The zero-order valence-corrected chi connectivity index (χ0v) is 13.5. The van der Waals surface area contributed by atoms with Gasteiger partial charge in [0.1, 0.15) is 0 Å². The van der Waals surface area contributed by atoms with Crippen molar-refractivity contribution in [2.45, 2.75) is 12.8 Å². The van der Waals surface area contributed by atoms with E-state index in [1.807, 2.05) is 24.3 Å². The molecule has 4 nitrogen and oxygen atoms in total. The Hall–Kier alpha value is -1.62. The lowest BCUT2D eigenvalue weighted by molar-refractivity contribution is -0.148. The van der Waals surface area contributed by atoms with Gasteiger partial charge in [-0.2, -0.15) is 0 Å². The highest BCUT2D eigenvalue weighted by Gasteiger charge is 2.26. The molecular weight excluding hydrogens is 334 g/mol. The van der Waals surface area contributed by atoms with Crippen molar-refractivity contribution in [3.63, 3.8) is 0 Å². The second kappa shape index (κ2) is 7.41. The van der Waals surface area contributed by atoms with Crippen LogP contribution in [0.3, 0.4) is 0 Å². The van der Waals surface area contributed by atoms with Crippen LogP contribution in [0.2, 0.25) is 0 Å². The molecule has 1 heterocycles. The third-order valence-corrected chi connectivity index (χ3v) is 4.37. The molecule has 0 spiro atoms. The van der Waals surface area contributed by atoms with Crippen LogP contribution in [0.25, 0.3) is 6.08 Å². The molecule has 21 heavy (non-hydrogen) atoms. The first-order chi connectivity index (χ1) is 10.1. The maximum Gasteiger partial charge on any atom is 0.308 e. The van der Waals surface area contributed by atoms with E-state index in [0.717, 1.165) is 10.0 Å². The number of halogens is 1.